The minimum absolute atomic E-state index is 0.0871. The Balaban J connectivity index is 1.81. The van der Waals surface area contributed by atoms with Gasteiger partial charge in [0.1, 0.15) is 6.35 Å². The quantitative estimate of drug-likeness (QED) is 0.388. The fourth-order valence-corrected chi connectivity index (χ4v) is 2.61. The lowest BCUT2D eigenvalue weighted by Gasteiger charge is -2.16. The molecule has 1 fully saturated rings. The number of nitrogen functional groups attached to an aromatic ring is 1. The van der Waals surface area contributed by atoms with Crippen LogP contribution in [0.4, 0.5) is 11.8 Å². The Hall–Kier alpha value is -1.78. The normalized spacial score (nSPS) is 16.5. The molecule has 132 valence electrons. The second kappa shape index (κ2) is 6.61. The first-order chi connectivity index (χ1) is 11.4. The average molecular weight is 358 g/mol. The predicted octanol–water partition coefficient (Wildman–Crippen LogP) is -0.505. The van der Waals surface area contributed by atoms with E-state index in [-0.39, 0.29) is 12.5 Å². The van der Waals surface area contributed by atoms with Gasteiger partial charge in [-0.1, -0.05) is 0 Å². The summed E-state index contributed by atoms with van der Waals surface area (Å²) in [7, 11) is -4.31. The van der Waals surface area contributed by atoms with Gasteiger partial charge in [0, 0.05) is 6.04 Å². The molecule has 0 radical (unpaired) electrons. The molecule has 0 aromatic carbocycles. The van der Waals surface area contributed by atoms with E-state index >= 15 is 0 Å². The molecule has 3 rings (SSSR count). The number of aliphatic hydroxyl groups excluding tert-OH is 1. The third-order valence-electron chi connectivity index (χ3n) is 3.48. The van der Waals surface area contributed by atoms with E-state index in [0.29, 0.717) is 23.0 Å². The largest absolute Gasteiger partial charge is 0.394 e. The molecule has 2 aromatic heterocycles. The number of aliphatic hydroxyl groups is 1. The summed E-state index contributed by atoms with van der Waals surface area (Å²) in [6.45, 7) is -0.292. The molecule has 0 spiro atoms. The number of imidazole rings is 1. The van der Waals surface area contributed by atoms with E-state index in [4.69, 9.17) is 20.3 Å². The minimum atomic E-state index is -4.31. The zero-order valence-electron chi connectivity index (χ0n) is 12.7. The number of hydrogen-bond donors (Lipinski definition) is 5. The molecule has 12 heteroatoms. The topological polar surface area (TPSA) is 169 Å². The molecule has 1 saturated carbocycles. The van der Waals surface area contributed by atoms with Gasteiger partial charge in [-0.2, -0.15) is 9.97 Å². The first kappa shape index (κ1) is 17.1. The number of nitrogens with two attached hydrogens (primary N) is 1. The van der Waals surface area contributed by atoms with E-state index in [9.17, 15) is 9.67 Å². The molecule has 24 heavy (non-hydrogen) atoms. The predicted molar refractivity (Wildman–Crippen MR) is 85.3 cm³/mol. The molecule has 0 saturated heterocycles. The van der Waals surface area contributed by atoms with E-state index in [1.54, 1.807) is 4.57 Å². The van der Waals surface area contributed by atoms with Crippen molar-refractivity contribution in [3.8, 4) is 0 Å². The van der Waals surface area contributed by atoms with Crippen molar-refractivity contribution in [3.05, 3.63) is 6.33 Å². The number of fused-ring (bicyclic) bond motifs is 1. The van der Waals surface area contributed by atoms with Gasteiger partial charge < -0.3 is 35.2 Å². The van der Waals surface area contributed by atoms with Crippen LogP contribution in [0.2, 0.25) is 0 Å². The number of aromatic nitrogens is 4. The Morgan fingerprint density at radius 2 is 2.21 bits per heavy atom. The SMILES string of the molecule is Nc1nc(NC2CC2)c2ncn(C[C@@H](CO)OCP(=O)(O)O)c2n1. The maximum atomic E-state index is 10.9. The standard InChI is InChI=1S/C12H19N6O5P/c13-12-16-10(15-7-1-2-7)9-11(17-12)18(5-14-9)3-8(4-19)23-6-24(20,21)22/h5,7-8,19H,1-4,6H2,(H2,20,21,22)(H3,13,15,16,17)/t8-/m0/s1. The van der Waals surface area contributed by atoms with Crippen molar-refractivity contribution in [2.75, 3.05) is 24.0 Å². The van der Waals surface area contributed by atoms with Gasteiger partial charge in [0.2, 0.25) is 5.95 Å². The van der Waals surface area contributed by atoms with Crippen LogP contribution in [0.1, 0.15) is 12.8 Å². The van der Waals surface area contributed by atoms with Gasteiger partial charge in [0.25, 0.3) is 0 Å². The van der Waals surface area contributed by atoms with Crippen LogP contribution in [0.5, 0.6) is 0 Å². The summed E-state index contributed by atoms with van der Waals surface area (Å²) in [5.41, 5.74) is 6.75. The molecule has 0 amide bonds. The Labute approximate surface area is 137 Å². The molecule has 0 bridgehead atoms. The van der Waals surface area contributed by atoms with E-state index in [1.807, 2.05) is 0 Å². The number of anilines is 2. The summed E-state index contributed by atoms with van der Waals surface area (Å²) in [5.74, 6) is 0.638. The van der Waals surface area contributed by atoms with Gasteiger partial charge in [-0.05, 0) is 12.8 Å². The van der Waals surface area contributed by atoms with Gasteiger partial charge in [-0.25, -0.2) is 4.98 Å². The zero-order valence-corrected chi connectivity index (χ0v) is 13.6. The lowest BCUT2D eigenvalue weighted by Crippen LogP contribution is -2.24. The van der Waals surface area contributed by atoms with Gasteiger partial charge in [0.15, 0.2) is 17.0 Å². The van der Waals surface area contributed by atoms with Crippen LogP contribution in [0, 0.1) is 0 Å². The first-order valence-electron chi connectivity index (χ1n) is 7.37. The van der Waals surface area contributed by atoms with Crippen LogP contribution >= 0.6 is 7.60 Å². The third kappa shape index (κ3) is 4.19. The summed E-state index contributed by atoms with van der Waals surface area (Å²) >= 11 is 0. The highest BCUT2D eigenvalue weighted by molar-refractivity contribution is 7.51. The van der Waals surface area contributed by atoms with Gasteiger partial charge in [-0.15, -0.1) is 0 Å². The van der Waals surface area contributed by atoms with Crippen molar-refractivity contribution in [2.24, 2.45) is 0 Å². The smallest absolute Gasteiger partial charge is 0.350 e. The van der Waals surface area contributed by atoms with Gasteiger partial charge in [-0.3, -0.25) is 4.57 Å². The summed E-state index contributed by atoms with van der Waals surface area (Å²) in [6.07, 6.45) is 2.05. The minimum Gasteiger partial charge on any atom is -0.394 e. The molecule has 0 aliphatic heterocycles. The zero-order chi connectivity index (χ0) is 17.3. The number of rotatable bonds is 8. The van der Waals surface area contributed by atoms with Crippen molar-refractivity contribution in [1.29, 1.82) is 0 Å². The molecule has 2 heterocycles. The number of nitrogens with zero attached hydrogens (tertiary/aromatic N) is 4. The molecule has 11 nitrogen and oxygen atoms in total. The lowest BCUT2D eigenvalue weighted by molar-refractivity contribution is 0.0202. The number of nitrogens with one attached hydrogen (secondary N) is 1. The van der Waals surface area contributed by atoms with Crippen LogP contribution in [0.25, 0.3) is 11.2 Å². The third-order valence-corrected chi connectivity index (χ3v) is 3.97. The Bertz CT molecular complexity index is 773. The van der Waals surface area contributed by atoms with Crippen molar-refractivity contribution >= 4 is 30.5 Å². The van der Waals surface area contributed by atoms with E-state index in [0.717, 1.165) is 12.8 Å². The molecule has 6 N–H and O–H groups in total. The first-order valence-corrected chi connectivity index (χ1v) is 9.17. The summed E-state index contributed by atoms with van der Waals surface area (Å²) in [6, 6.07) is 0.365. The Morgan fingerprint density at radius 3 is 2.83 bits per heavy atom. The highest BCUT2D eigenvalue weighted by Crippen LogP contribution is 2.34. The second-order valence-electron chi connectivity index (χ2n) is 5.68. The Morgan fingerprint density at radius 1 is 1.46 bits per heavy atom. The summed E-state index contributed by atoms with van der Waals surface area (Å²) in [4.78, 5) is 30.3. The molecule has 2 aromatic rings. The monoisotopic (exact) mass is 358 g/mol. The van der Waals surface area contributed by atoms with Crippen molar-refractivity contribution in [2.45, 2.75) is 31.5 Å². The maximum Gasteiger partial charge on any atom is 0.350 e. The van der Waals surface area contributed by atoms with Crippen LogP contribution in [-0.4, -0.2) is 59.5 Å². The second-order valence-corrected chi connectivity index (χ2v) is 7.27. The maximum absolute atomic E-state index is 10.9. The molecule has 1 aliphatic carbocycles. The average Bonchev–Trinajstić information content (AvgIpc) is 3.22. The molecule has 0 unspecified atom stereocenters. The Kier molecular flexibility index (Phi) is 4.70. The summed E-state index contributed by atoms with van der Waals surface area (Å²) < 4.78 is 17.6. The van der Waals surface area contributed by atoms with Crippen LogP contribution < -0.4 is 11.1 Å². The van der Waals surface area contributed by atoms with Crippen LogP contribution in [0.15, 0.2) is 6.33 Å². The number of hydrogen-bond acceptors (Lipinski definition) is 8. The van der Waals surface area contributed by atoms with Crippen LogP contribution in [-0.2, 0) is 15.8 Å². The van der Waals surface area contributed by atoms with Crippen LogP contribution in [0.3, 0.4) is 0 Å². The molecule has 1 aliphatic rings. The van der Waals surface area contributed by atoms with E-state index in [2.05, 4.69) is 20.3 Å². The van der Waals surface area contributed by atoms with Gasteiger partial charge in [0.05, 0.1) is 25.6 Å². The lowest BCUT2D eigenvalue weighted by atomic mass is 10.3. The fourth-order valence-electron chi connectivity index (χ4n) is 2.20. The highest BCUT2D eigenvalue weighted by atomic mass is 31.2. The molecule has 1 atom stereocenters. The van der Waals surface area contributed by atoms with E-state index in [1.165, 1.54) is 6.33 Å². The van der Waals surface area contributed by atoms with Crippen molar-refractivity contribution < 1.29 is 24.2 Å². The van der Waals surface area contributed by atoms with Gasteiger partial charge >= 0.3 is 7.60 Å². The van der Waals surface area contributed by atoms with Crippen molar-refractivity contribution in [1.82, 2.24) is 19.5 Å². The highest BCUT2D eigenvalue weighted by Gasteiger charge is 2.24. The number of ether oxygens (including phenoxy) is 1. The summed E-state index contributed by atoms with van der Waals surface area (Å²) in [5, 5.41) is 12.6. The molecular weight excluding hydrogens is 339 g/mol. The fraction of sp³-hybridized carbons (Fsp3) is 0.583. The van der Waals surface area contributed by atoms with Crippen molar-refractivity contribution in [3.63, 3.8) is 0 Å². The van der Waals surface area contributed by atoms with E-state index < -0.39 is 26.7 Å². The molecular formula is C12H19N6O5P.